The second-order valence-electron chi connectivity index (χ2n) is 4.34. The van der Waals surface area contributed by atoms with Gasteiger partial charge < -0.3 is 10.1 Å². The lowest BCUT2D eigenvalue weighted by molar-refractivity contribution is -0.119. The number of hydrogen-bond acceptors (Lipinski definition) is 4. The van der Waals surface area contributed by atoms with E-state index in [0.29, 0.717) is 11.3 Å². The summed E-state index contributed by atoms with van der Waals surface area (Å²) in [5.41, 5.74) is 1.72. The smallest absolute Gasteiger partial charge is 0.338 e. The minimum atomic E-state index is -0.550. The molecule has 6 heteroatoms. The Kier molecular flexibility index (Phi) is 4.90. The van der Waals surface area contributed by atoms with Crippen LogP contribution in [0.5, 0.6) is 0 Å². The summed E-state index contributed by atoms with van der Waals surface area (Å²) in [5.74, 6) is -1.03. The molecule has 0 fully saturated rings. The number of halogens is 1. The summed E-state index contributed by atoms with van der Waals surface area (Å²) in [5, 5.41) is 2.69. The van der Waals surface area contributed by atoms with E-state index in [0.717, 1.165) is 5.56 Å². The first kappa shape index (κ1) is 15.0. The highest BCUT2D eigenvalue weighted by Crippen LogP contribution is 2.17. The number of esters is 1. The van der Waals surface area contributed by atoms with Gasteiger partial charge in [0.25, 0.3) is 5.91 Å². The maximum absolute atomic E-state index is 11.8. The SMILES string of the molecule is Cc1cccc(C(=O)OCC(=O)Nc2cccnc2Cl)c1. The predicted octanol–water partition coefficient (Wildman–Crippen LogP) is 2.84. The number of carbonyl (C=O) groups is 2. The molecule has 1 aromatic carbocycles. The van der Waals surface area contributed by atoms with Crippen molar-refractivity contribution in [3.8, 4) is 0 Å². The molecule has 1 N–H and O–H groups in total. The Bertz CT molecular complexity index is 673. The van der Waals surface area contributed by atoms with Crippen LogP contribution in [0.3, 0.4) is 0 Å². The van der Waals surface area contributed by atoms with Gasteiger partial charge in [0.05, 0.1) is 11.3 Å². The van der Waals surface area contributed by atoms with E-state index in [1.807, 2.05) is 13.0 Å². The van der Waals surface area contributed by atoms with Crippen LogP contribution in [0.1, 0.15) is 15.9 Å². The molecule has 2 rings (SSSR count). The Balaban J connectivity index is 1.90. The molecule has 0 saturated carbocycles. The molecule has 0 unspecified atom stereocenters. The van der Waals surface area contributed by atoms with Crippen LogP contribution in [0.2, 0.25) is 5.15 Å². The van der Waals surface area contributed by atoms with Crippen LogP contribution in [-0.4, -0.2) is 23.5 Å². The fourth-order valence-electron chi connectivity index (χ4n) is 1.65. The summed E-state index contributed by atoms with van der Waals surface area (Å²) in [6.07, 6.45) is 1.51. The molecule has 0 bridgehead atoms. The van der Waals surface area contributed by atoms with Gasteiger partial charge in [-0.05, 0) is 31.2 Å². The van der Waals surface area contributed by atoms with Crippen LogP contribution >= 0.6 is 11.6 Å². The number of amides is 1. The topological polar surface area (TPSA) is 68.3 Å². The number of hydrogen-bond donors (Lipinski definition) is 1. The highest BCUT2D eigenvalue weighted by Gasteiger charge is 2.11. The molecular formula is C15H13ClN2O3. The number of nitrogens with zero attached hydrogens (tertiary/aromatic N) is 1. The number of rotatable bonds is 4. The van der Waals surface area contributed by atoms with E-state index in [1.54, 1.807) is 30.3 Å². The van der Waals surface area contributed by atoms with Crippen LogP contribution in [0.4, 0.5) is 5.69 Å². The maximum Gasteiger partial charge on any atom is 0.338 e. The molecule has 1 aromatic heterocycles. The summed E-state index contributed by atoms with van der Waals surface area (Å²) in [7, 11) is 0. The number of nitrogens with one attached hydrogen (secondary N) is 1. The fraction of sp³-hybridized carbons (Fsp3) is 0.133. The van der Waals surface area contributed by atoms with Gasteiger partial charge in [0.15, 0.2) is 11.8 Å². The Morgan fingerprint density at radius 1 is 1.29 bits per heavy atom. The third kappa shape index (κ3) is 4.29. The molecule has 0 spiro atoms. The van der Waals surface area contributed by atoms with Crippen molar-refractivity contribution in [2.24, 2.45) is 0 Å². The maximum atomic E-state index is 11.8. The zero-order chi connectivity index (χ0) is 15.2. The van der Waals surface area contributed by atoms with Crippen molar-refractivity contribution in [1.29, 1.82) is 0 Å². The number of anilines is 1. The first-order valence-corrected chi connectivity index (χ1v) is 6.58. The minimum absolute atomic E-state index is 0.177. The van der Waals surface area contributed by atoms with Gasteiger partial charge in [0.2, 0.25) is 0 Å². The molecule has 0 aliphatic heterocycles. The van der Waals surface area contributed by atoms with E-state index in [-0.39, 0.29) is 5.15 Å². The van der Waals surface area contributed by atoms with Gasteiger partial charge >= 0.3 is 5.97 Å². The van der Waals surface area contributed by atoms with Crippen molar-refractivity contribution < 1.29 is 14.3 Å². The van der Waals surface area contributed by atoms with E-state index in [4.69, 9.17) is 16.3 Å². The van der Waals surface area contributed by atoms with Crippen molar-refractivity contribution in [3.63, 3.8) is 0 Å². The first-order valence-electron chi connectivity index (χ1n) is 6.20. The molecule has 0 aliphatic carbocycles. The van der Waals surface area contributed by atoms with Gasteiger partial charge in [-0.3, -0.25) is 4.79 Å². The molecule has 108 valence electrons. The van der Waals surface area contributed by atoms with Gasteiger partial charge in [-0.15, -0.1) is 0 Å². The molecule has 1 heterocycles. The van der Waals surface area contributed by atoms with E-state index in [1.165, 1.54) is 6.20 Å². The lowest BCUT2D eigenvalue weighted by atomic mass is 10.1. The summed E-state index contributed by atoms with van der Waals surface area (Å²) in [4.78, 5) is 27.3. The summed E-state index contributed by atoms with van der Waals surface area (Å²) < 4.78 is 4.94. The molecule has 0 atom stereocenters. The Hall–Kier alpha value is -2.40. The molecule has 1 amide bonds. The standard InChI is InChI=1S/C15H13ClN2O3/c1-10-4-2-5-11(8-10)15(20)21-9-13(19)18-12-6-3-7-17-14(12)16/h2-8H,9H2,1H3,(H,18,19). The normalized spacial score (nSPS) is 10.0. The summed E-state index contributed by atoms with van der Waals surface area (Å²) in [6.45, 7) is 1.48. The van der Waals surface area contributed by atoms with Gasteiger partial charge in [-0.1, -0.05) is 29.3 Å². The molecular weight excluding hydrogens is 292 g/mol. The highest BCUT2D eigenvalue weighted by molar-refractivity contribution is 6.32. The van der Waals surface area contributed by atoms with Crippen molar-refractivity contribution >= 4 is 29.2 Å². The lowest BCUT2D eigenvalue weighted by Crippen LogP contribution is -2.21. The molecule has 0 radical (unpaired) electrons. The molecule has 21 heavy (non-hydrogen) atoms. The number of pyridine rings is 1. The molecule has 5 nitrogen and oxygen atoms in total. The quantitative estimate of drug-likeness (QED) is 0.696. The first-order chi connectivity index (χ1) is 10.1. The minimum Gasteiger partial charge on any atom is -0.452 e. The fourth-order valence-corrected chi connectivity index (χ4v) is 1.82. The van der Waals surface area contributed by atoms with Crippen LogP contribution in [0, 0.1) is 6.92 Å². The number of carbonyl (C=O) groups excluding carboxylic acids is 2. The third-order valence-electron chi connectivity index (χ3n) is 2.62. The number of aromatic nitrogens is 1. The summed E-state index contributed by atoms with van der Waals surface area (Å²) in [6, 6.07) is 10.2. The van der Waals surface area contributed by atoms with Crippen LogP contribution < -0.4 is 5.32 Å². The Morgan fingerprint density at radius 2 is 2.10 bits per heavy atom. The zero-order valence-corrected chi connectivity index (χ0v) is 12.1. The van der Waals surface area contributed by atoms with E-state index in [9.17, 15) is 9.59 Å². The Morgan fingerprint density at radius 3 is 2.81 bits per heavy atom. The highest BCUT2D eigenvalue weighted by atomic mass is 35.5. The van der Waals surface area contributed by atoms with Crippen molar-refractivity contribution in [3.05, 3.63) is 58.9 Å². The molecule has 2 aromatic rings. The van der Waals surface area contributed by atoms with Gasteiger partial charge in [0, 0.05) is 6.20 Å². The van der Waals surface area contributed by atoms with E-state index < -0.39 is 18.5 Å². The molecule has 0 saturated heterocycles. The number of aryl methyl sites for hydroxylation is 1. The predicted molar refractivity (Wildman–Crippen MR) is 79.3 cm³/mol. The third-order valence-corrected chi connectivity index (χ3v) is 2.92. The van der Waals surface area contributed by atoms with Crippen LogP contribution in [0.25, 0.3) is 0 Å². The van der Waals surface area contributed by atoms with Gasteiger partial charge in [-0.2, -0.15) is 0 Å². The van der Waals surface area contributed by atoms with E-state index in [2.05, 4.69) is 10.3 Å². The van der Waals surface area contributed by atoms with Crippen molar-refractivity contribution in [2.75, 3.05) is 11.9 Å². The molecule has 0 aliphatic rings. The van der Waals surface area contributed by atoms with E-state index >= 15 is 0 Å². The average molecular weight is 305 g/mol. The average Bonchev–Trinajstić information content (AvgIpc) is 2.47. The Labute approximate surface area is 126 Å². The lowest BCUT2D eigenvalue weighted by Gasteiger charge is -2.07. The van der Waals surface area contributed by atoms with Gasteiger partial charge in [-0.25, -0.2) is 9.78 Å². The zero-order valence-electron chi connectivity index (χ0n) is 11.3. The van der Waals surface area contributed by atoms with Crippen molar-refractivity contribution in [2.45, 2.75) is 6.92 Å². The monoisotopic (exact) mass is 304 g/mol. The number of ether oxygens (including phenoxy) is 1. The van der Waals surface area contributed by atoms with Crippen LogP contribution in [0.15, 0.2) is 42.6 Å². The second kappa shape index (κ2) is 6.85. The van der Waals surface area contributed by atoms with Crippen LogP contribution in [-0.2, 0) is 9.53 Å². The largest absolute Gasteiger partial charge is 0.452 e. The van der Waals surface area contributed by atoms with Gasteiger partial charge in [0.1, 0.15) is 0 Å². The summed E-state index contributed by atoms with van der Waals surface area (Å²) >= 11 is 5.81. The number of benzene rings is 1. The second-order valence-corrected chi connectivity index (χ2v) is 4.69. The van der Waals surface area contributed by atoms with Crippen molar-refractivity contribution in [1.82, 2.24) is 4.98 Å².